The van der Waals surface area contributed by atoms with Gasteiger partial charge in [0.05, 0.1) is 16.7 Å². The van der Waals surface area contributed by atoms with Crippen molar-refractivity contribution in [2.24, 2.45) is 0 Å². The second-order valence-electron chi connectivity index (χ2n) is 16.5. The van der Waals surface area contributed by atoms with E-state index >= 15 is 0 Å². The summed E-state index contributed by atoms with van der Waals surface area (Å²) in [6.45, 7) is 0. The van der Waals surface area contributed by atoms with Crippen molar-refractivity contribution in [3.8, 4) is 50.2 Å². The Kier molecular flexibility index (Phi) is 9.20. The van der Waals surface area contributed by atoms with E-state index in [1.165, 1.54) is 88.0 Å². The summed E-state index contributed by atoms with van der Waals surface area (Å²) < 4.78 is 2.47. The van der Waals surface area contributed by atoms with Gasteiger partial charge in [-0.15, -0.1) is 0 Å². The van der Waals surface area contributed by atoms with E-state index in [1.807, 2.05) is 0 Å². The van der Waals surface area contributed by atoms with Crippen LogP contribution in [0.5, 0.6) is 0 Å². The lowest BCUT2D eigenvalue weighted by molar-refractivity contribution is 1.20. The molecule has 11 aromatic carbocycles. The summed E-state index contributed by atoms with van der Waals surface area (Å²) in [7, 11) is 0. The normalized spacial score (nSPS) is 11.4. The van der Waals surface area contributed by atoms with E-state index < -0.39 is 0 Å². The van der Waals surface area contributed by atoms with Crippen LogP contribution in [0.1, 0.15) is 0 Å². The maximum Gasteiger partial charge on any atom is 0.0547 e. The molecule has 12 rings (SSSR count). The number of hydrogen-bond donors (Lipinski definition) is 0. The predicted molar refractivity (Wildman–Crippen MR) is 272 cm³/mol. The first-order valence-corrected chi connectivity index (χ1v) is 22.0. The maximum atomic E-state index is 2.47. The topological polar surface area (TPSA) is 8.17 Å². The van der Waals surface area contributed by atoms with Crippen molar-refractivity contribution in [3.05, 3.63) is 255 Å². The third-order valence-corrected chi connectivity index (χ3v) is 12.8. The highest BCUT2D eigenvalue weighted by Gasteiger charge is 2.19. The van der Waals surface area contributed by atoms with Crippen LogP contribution in [0.15, 0.2) is 255 Å². The van der Waals surface area contributed by atoms with Gasteiger partial charge in [0, 0.05) is 33.2 Å². The van der Waals surface area contributed by atoms with Crippen LogP contribution in [0.4, 0.5) is 17.1 Å². The standard InChI is InChI=1S/C62H42N2/c1-3-16-43(17-4-1)44-32-34-45(35-33-44)46-36-38-52(39-37-46)63(51-22-5-2-6-23-51)53-24-14-20-48(41-53)47-19-13-21-49(40-47)55-29-15-31-60-62(55)58-28-11-12-30-59(58)64(60)61-42-50-18-7-8-25-54(50)56-26-9-10-27-57(56)61/h1-42H. The number of para-hydroxylation sites is 2. The number of benzene rings is 11. The molecule has 0 bridgehead atoms. The van der Waals surface area contributed by atoms with Gasteiger partial charge in [0.2, 0.25) is 0 Å². The van der Waals surface area contributed by atoms with E-state index in [2.05, 4.69) is 264 Å². The van der Waals surface area contributed by atoms with Crippen molar-refractivity contribution in [3.63, 3.8) is 0 Å². The van der Waals surface area contributed by atoms with E-state index in [0.717, 1.165) is 22.6 Å². The quantitative estimate of drug-likeness (QED) is 0.139. The van der Waals surface area contributed by atoms with Gasteiger partial charge in [-0.05, 0) is 121 Å². The van der Waals surface area contributed by atoms with Gasteiger partial charge < -0.3 is 9.47 Å². The van der Waals surface area contributed by atoms with Crippen molar-refractivity contribution in [2.45, 2.75) is 0 Å². The molecule has 0 spiro atoms. The molecule has 0 aliphatic heterocycles. The second kappa shape index (κ2) is 15.8. The van der Waals surface area contributed by atoms with Crippen molar-refractivity contribution < 1.29 is 0 Å². The van der Waals surface area contributed by atoms with Gasteiger partial charge in [-0.3, -0.25) is 0 Å². The van der Waals surface area contributed by atoms with Crippen LogP contribution >= 0.6 is 0 Å². The predicted octanol–water partition coefficient (Wildman–Crippen LogP) is 17.2. The minimum Gasteiger partial charge on any atom is -0.310 e. The number of nitrogens with zero attached hydrogens (tertiary/aromatic N) is 2. The van der Waals surface area contributed by atoms with Gasteiger partial charge in [-0.25, -0.2) is 0 Å². The molecular weight excluding hydrogens is 773 g/mol. The molecule has 0 N–H and O–H groups in total. The van der Waals surface area contributed by atoms with Crippen LogP contribution in [0.3, 0.4) is 0 Å². The second-order valence-corrected chi connectivity index (χ2v) is 16.5. The molecule has 0 amide bonds. The van der Waals surface area contributed by atoms with Crippen LogP contribution < -0.4 is 4.90 Å². The lowest BCUT2D eigenvalue weighted by Gasteiger charge is -2.26. The van der Waals surface area contributed by atoms with Gasteiger partial charge >= 0.3 is 0 Å². The van der Waals surface area contributed by atoms with Gasteiger partial charge in [0.15, 0.2) is 0 Å². The number of rotatable bonds is 8. The van der Waals surface area contributed by atoms with Crippen molar-refractivity contribution in [2.75, 3.05) is 4.90 Å². The third-order valence-electron chi connectivity index (χ3n) is 12.8. The minimum absolute atomic E-state index is 1.10. The van der Waals surface area contributed by atoms with Gasteiger partial charge in [-0.1, -0.05) is 194 Å². The summed E-state index contributed by atoms with van der Waals surface area (Å²) in [6.07, 6.45) is 0. The highest BCUT2D eigenvalue weighted by Crippen LogP contribution is 2.43. The van der Waals surface area contributed by atoms with Gasteiger partial charge in [0.25, 0.3) is 0 Å². The van der Waals surface area contributed by atoms with E-state index in [0.29, 0.717) is 0 Å². The molecular formula is C62H42N2. The SMILES string of the molecule is c1ccc(-c2ccc(-c3ccc(N(c4ccccc4)c4cccc(-c5cccc(-c6cccc7c6c6ccccc6n7-c6cc7ccccc7c7ccccc67)c5)c4)cc3)cc2)cc1. The van der Waals surface area contributed by atoms with Crippen LogP contribution in [0, 0.1) is 0 Å². The van der Waals surface area contributed by atoms with Crippen LogP contribution in [0.25, 0.3) is 93.5 Å². The molecule has 0 saturated carbocycles. The fraction of sp³-hybridized carbons (Fsp3) is 0. The Balaban J connectivity index is 0.931. The molecule has 12 aromatic rings. The fourth-order valence-corrected chi connectivity index (χ4v) is 9.74. The molecule has 0 unspecified atom stereocenters. The molecule has 0 fully saturated rings. The highest BCUT2D eigenvalue weighted by molar-refractivity contribution is 6.18. The van der Waals surface area contributed by atoms with E-state index in [1.54, 1.807) is 0 Å². The number of anilines is 3. The van der Waals surface area contributed by atoms with E-state index in [4.69, 9.17) is 0 Å². The zero-order chi connectivity index (χ0) is 42.4. The smallest absolute Gasteiger partial charge is 0.0547 e. The van der Waals surface area contributed by atoms with E-state index in [9.17, 15) is 0 Å². The largest absolute Gasteiger partial charge is 0.310 e. The molecule has 0 aliphatic carbocycles. The molecule has 2 heteroatoms. The van der Waals surface area contributed by atoms with Gasteiger partial charge in [0.1, 0.15) is 0 Å². The van der Waals surface area contributed by atoms with Crippen molar-refractivity contribution in [1.29, 1.82) is 0 Å². The average Bonchev–Trinajstić information content (AvgIpc) is 3.72. The van der Waals surface area contributed by atoms with Gasteiger partial charge in [-0.2, -0.15) is 0 Å². The third kappa shape index (κ3) is 6.52. The maximum absolute atomic E-state index is 2.47. The lowest BCUT2D eigenvalue weighted by atomic mass is 9.95. The Labute approximate surface area is 373 Å². The average molecular weight is 815 g/mol. The molecule has 0 atom stereocenters. The number of hydrogen-bond acceptors (Lipinski definition) is 1. The summed E-state index contributed by atoms with van der Waals surface area (Å²) in [5, 5.41) is 7.51. The molecule has 1 heterocycles. The number of aromatic nitrogens is 1. The van der Waals surface area contributed by atoms with Crippen molar-refractivity contribution in [1.82, 2.24) is 4.57 Å². The van der Waals surface area contributed by atoms with Crippen molar-refractivity contribution >= 4 is 60.4 Å². The summed E-state index contributed by atoms with van der Waals surface area (Å²) in [5.74, 6) is 0. The first-order valence-electron chi connectivity index (χ1n) is 22.0. The lowest BCUT2D eigenvalue weighted by Crippen LogP contribution is -2.09. The Morgan fingerprint density at radius 1 is 0.266 bits per heavy atom. The molecule has 0 saturated heterocycles. The zero-order valence-electron chi connectivity index (χ0n) is 35.1. The van der Waals surface area contributed by atoms with E-state index in [-0.39, 0.29) is 0 Å². The van der Waals surface area contributed by atoms with Crippen LogP contribution in [0.2, 0.25) is 0 Å². The van der Waals surface area contributed by atoms with Crippen LogP contribution in [-0.4, -0.2) is 4.57 Å². The Bertz CT molecular complexity index is 3640. The van der Waals surface area contributed by atoms with Crippen LogP contribution in [-0.2, 0) is 0 Å². The molecule has 1 aromatic heterocycles. The molecule has 300 valence electrons. The fourth-order valence-electron chi connectivity index (χ4n) is 9.74. The molecule has 64 heavy (non-hydrogen) atoms. The Morgan fingerprint density at radius 2 is 0.750 bits per heavy atom. The first-order chi connectivity index (χ1) is 31.7. The first kappa shape index (κ1) is 37.3. The Morgan fingerprint density at radius 3 is 1.50 bits per heavy atom. The summed E-state index contributed by atoms with van der Waals surface area (Å²) in [6, 6.07) is 92.5. The summed E-state index contributed by atoms with van der Waals surface area (Å²) >= 11 is 0. The summed E-state index contributed by atoms with van der Waals surface area (Å²) in [4.78, 5) is 2.35. The monoisotopic (exact) mass is 814 g/mol. The molecule has 2 nitrogen and oxygen atoms in total. The molecule has 0 aliphatic rings. The number of fused-ring (bicyclic) bond motifs is 6. The highest BCUT2D eigenvalue weighted by atomic mass is 15.1. The summed E-state index contributed by atoms with van der Waals surface area (Å²) in [5.41, 5.74) is 16.5. The zero-order valence-corrected chi connectivity index (χ0v) is 35.1. The molecule has 0 radical (unpaired) electrons. The Hall–Kier alpha value is -8.46. The minimum atomic E-state index is 1.10.